The van der Waals surface area contributed by atoms with Crippen LogP contribution < -0.4 is 5.32 Å². The Morgan fingerprint density at radius 2 is 2.15 bits per heavy atom. The van der Waals surface area contributed by atoms with Crippen molar-refractivity contribution in [3.63, 3.8) is 0 Å². The molecule has 3 rings (SSSR count). The van der Waals surface area contributed by atoms with Crippen LogP contribution in [0.4, 0.5) is 4.39 Å². The van der Waals surface area contributed by atoms with Gasteiger partial charge in [-0.15, -0.1) is 0 Å². The SMILES string of the molecule is CCc1c(C)nn(CC(=O)NCCCc2nc3ccc(F)cc3[nH]2)c1C. The molecule has 0 radical (unpaired) electrons. The van der Waals surface area contributed by atoms with Gasteiger partial charge in [0, 0.05) is 18.7 Å². The first kappa shape index (κ1) is 18.1. The van der Waals surface area contributed by atoms with Crippen LogP contribution >= 0.6 is 0 Å². The van der Waals surface area contributed by atoms with Crippen molar-refractivity contribution in [2.45, 2.75) is 46.6 Å². The third-order valence-corrected chi connectivity index (χ3v) is 4.58. The highest BCUT2D eigenvalue weighted by Crippen LogP contribution is 2.14. The Bertz CT molecular complexity index is 928. The van der Waals surface area contributed by atoms with E-state index in [1.165, 1.54) is 17.7 Å². The number of carbonyl (C=O) groups excluding carboxylic acids is 1. The Labute approximate surface area is 151 Å². The van der Waals surface area contributed by atoms with E-state index in [2.05, 4.69) is 27.3 Å². The van der Waals surface area contributed by atoms with Crippen molar-refractivity contribution < 1.29 is 9.18 Å². The maximum Gasteiger partial charge on any atom is 0.241 e. The highest BCUT2D eigenvalue weighted by molar-refractivity contribution is 5.76. The Hall–Kier alpha value is -2.70. The summed E-state index contributed by atoms with van der Waals surface area (Å²) in [6.07, 6.45) is 2.36. The van der Waals surface area contributed by atoms with E-state index in [9.17, 15) is 9.18 Å². The summed E-state index contributed by atoms with van der Waals surface area (Å²) in [5, 5.41) is 7.36. The molecule has 1 amide bonds. The molecule has 0 saturated heterocycles. The fourth-order valence-electron chi connectivity index (χ4n) is 3.23. The lowest BCUT2D eigenvalue weighted by Gasteiger charge is -2.06. The molecule has 0 spiro atoms. The van der Waals surface area contributed by atoms with Gasteiger partial charge in [-0.2, -0.15) is 5.10 Å². The number of nitrogens with zero attached hydrogens (tertiary/aromatic N) is 3. The number of carbonyl (C=O) groups is 1. The van der Waals surface area contributed by atoms with Crippen molar-refractivity contribution in [3.05, 3.63) is 46.8 Å². The fraction of sp³-hybridized carbons (Fsp3) is 0.421. The number of benzene rings is 1. The van der Waals surface area contributed by atoms with Crippen LogP contribution in [0.15, 0.2) is 18.2 Å². The number of hydrogen-bond acceptors (Lipinski definition) is 3. The van der Waals surface area contributed by atoms with Crippen LogP contribution in [0.3, 0.4) is 0 Å². The van der Waals surface area contributed by atoms with Crippen LogP contribution in [0.1, 0.15) is 36.1 Å². The Balaban J connectivity index is 1.47. The molecule has 0 atom stereocenters. The quantitative estimate of drug-likeness (QED) is 0.639. The van der Waals surface area contributed by atoms with Crippen molar-refractivity contribution in [1.82, 2.24) is 25.1 Å². The molecule has 3 aromatic rings. The second-order valence-electron chi connectivity index (χ2n) is 6.46. The van der Waals surface area contributed by atoms with Gasteiger partial charge in [-0.25, -0.2) is 9.37 Å². The predicted octanol–water partition coefficient (Wildman–Crippen LogP) is 2.83. The number of aryl methyl sites for hydroxylation is 2. The molecular weight excluding hydrogens is 333 g/mol. The van der Waals surface area contributed by atoms with E-state index in [1.807, 2.05) is 13.8 Å². The van der Waals surface area contributed by atoms with E-state index < -0.39 is 0 Å². The van der Waals surface area contributed by atoms with Crippen LogP contribution in [0, 0.1) is 19.7 Å². The lowest BCUT2D eigenvalue weighted by molar-refractivity contribution is -0.121. The molecule has 0 aliphatic rings. The number of H-pyrrole nitrogens is 1. The van der Waals surface area contributed by atoms with Gasteiger partial charge in [0.25, 0.3) is 0 Å². The highest BCUT2D eigenvalue weighted by Gasteiger charge is 2.12. The number of halogens is 1. The second-order valence-corrected chi connectivity index (χ2v) is 6.46. The van der Waals surface area contributed by atoms with E-state index in [-0.39, 0.29) is 18.3 Å². The first-order valence-electron chi connectivity index (χ1n) is 8.91. The van der Waals surface area contributed by atoms with Gasteiger partial charge in [-0.3, -0.25) is 9.48 Å². The lowest BCUT2D eigenvalue weighted by Crippen LogP contribution is -2.29. The van der Waals surface area contributed by atoms with Crippen molar-refractivity contribution >= 4 is 16.9 Å². The van der Waals surface area contributed by atoms with Crippen LogP contribution in [-0.2, 0) is 24.2 Å². The van der Waals surface area contributed by atoms with E-state index in [0.717, 1.165) is 35.6 Å². The third-order valence-electron chi connectivity index (χ3n) is 4.58. The smallest absolute Gasteiger partial charge is 0.241 e. The van der Waals surface area contributed by atoms with Crippen molar-refractivity contribution in [1.29, 1.82) is 0 Å². The van der Waals surface area contributed by atoms with Gasteiger partial charge in [0.2, 0.25) is 5.91 Å². The molecule has 0 bridgehead atoms. The molecule has 1 aromatic carbocycles. The second kappa shape index (κ2) is 7.68. The van der Waals surface area contributed by atoms with Crippen molar-refractivity contribution in [2.24, 2.45) is 0 Å². The monoisotopic (exact) mass is 357 g/mol. The molecule has 0 unspecified atom stereocenters. The van der Waals surface area contributed by atoms with Gasteiger partial charge in [0.05, 0.1) is 16.7 Å². The standard InChI is InChI=1S/C19H24FN5O/c1-4-15-12(2)24-25(13(15)3)11-19(26)21-9-5-6-18-22-16-8-7-14(20)10-17(16)23-18/h7-8,10H,4-6,9,11H2,1-3H3,(H,21,26)(H,22,23). The largest absolute Gasteiger partial charge is 0.354 e. The highest BCUT2D eigenvalue weighted by atomic mass is 19.1. The van der Waals surface area contributed by atoms with Crippen LogP contribution in [0.25, 0.3) is 11.0 Å². The number of imidazole rings is 1. The molecule has 0 fully saturated rings. The molecule has 2 heterocycles. The Morgan fingerprint density at radius 3 is 2.88 bits per heavy atom. The zero-order chi connectivity index (χ0) is 18.7. The predicted molar refractivity (Wildman–Crippen MR) is 98.5 cm³/mol. The molecule has 0 aliphatic carbocycles. The number of fused-ring (bicyclic) bond motifs is 1. The first-order valence-corrected chi connectivity index (χ1v) is 8.91. The molecule has 0 aliphatic heterocycles. The minimum atomic E-state index is -0.282. The summed E-state index contributed by atoms with van der Waals surface area (Å²) < 4.78 is 15.0. The minimum absolute atomic E-state index is 0.0510. The summed E-state index contributed by atoms with van der Waals surface area (Å²) >= 11 is 0. The molecule has 26 heavy (non-hydrogen) atoms. The van der Waals surface area contributed by atoms with Crippen LogP contribution in [-0.4, -0.2) is 32.2 Å². The first-order chi connectivity index (χ1) is 12.5. The molecular formula is C19H24FN5O. The normalized spacial score (nSPS) is 11.2. The molecule has 7 heteroatoms. The van der Waals surface area contributed by atoms with Crippen molar-refractivity contribution in [3.8, 4) is 0 Å². The van der Waals surface area contributed by atoms with Crippen molar-refractivity contribution in [2.75, 3.05) is 6.54 Å². The Morgan fingerprint density at radius 1 is 1.35 bits per heavy atom. The number of hydrogen-bond donors (Lipinski definition) is 2. The molecule has 2 aromatic heterocycles. The average molecular weight is 357 g/mol. The summed E-state index contributed by atoms with van der Waals surface area (Å²) in [6, 6.07) is 4.49. The average Bonchev–Trinajstić information content (AvgIpc) is 3.11. The van der Waals surface area contributed by atoms with Gasteiger partial charge in [0.15, 0.2) is 0 Å². The molecule has 2 N–H and O–H groups in total. The number of rotatable bonds is 7. The number of aromatic amines is 1. The van der Waals surface area contributed by atoms with Gasteiger partial charge in [0.1, 0.15) is 18.2 Å². The Kier molecular flexibility index (Phi) is 5.35. The molecule has 138 valence electrons. The zero-order valence-electron chi connectivity index (χ0n) is 15.4. The van der Waals surface area contributed by atoms with Crippen LogP contribution in [0.5, 0.6) is 0 Å². The maximum atomic E-state index is 13.2. The third kappa shape index (κ3) is 3.92. The van der Waals surface area contributed by atoms with Crippen LogP contribution in [0.2, 0.25) is 0 Å². The topological polar surface area (TPSA) is 75.6 Å². The van der Waals surface area contributed by atoms with E-state index >= 15 is 0 Å². The van der Waals surface area contributed by atoms with Gasteiger partial charge >= 0.3 is 0 Å². The fourth-order valence-corrected chi connectivity index (χ4v) is 3.23. The number of amides is 1. The van der Waals surface area contributed by atoms with Gasteiger partial charge < -0.3 is 10.3 Å². The molecule has 6 nitrogen and oxygen atoms in total. The summed E-state index contributed by atoms with van der Waals surface area (Å²) in [6.45, 7) is 6.85. The number of aromatic nitrogens is 4. The molecule has 0 saturated carbocycles. The van der Waals surface area contributed by atoms with Gasteiger partial charge in [-0.05, 0) is 50.5 Å². The minimum Gasteiger partial charge on any atom is -0.354 e. The summed E-state index contributed by atoms with van der Waals surface area (Å²) in [4.78, 5) is 19.7. The number of nitrogens with one attached hydrogen (secondary N) is 2. The van der Waals surface area contributed by atoms with E-state index in [0.29, 0.717) is 18.5 Å². The maximum absolute atomic E-state index is 13.2. The summed E-state index contributed by atoms with van der Waals surface area (Å²) in [5.74, 6) is 0.464. The van der Waals surface area contributed by atoms with Gasteiger partial charge in [-0.1, -0.05) is 6.92 Å². The summed E-state index contributed by atoms with van der Waals surface area (Å²) in [5.41, 5.74) is 4.69. The van der Waals surface area contributed by atoms with E-state index in [4.69, 9.17) is 0 Å². The zero-order valence-corrected chi connectivity index (χ0v) is 15.4. The lowest BCUT2D eigenvalue weighted by atomic mass is 10.1. The van der Waals surface area contributed by atoms with E-state index in [1.54, 1.807) is 10.7 Å². The summed E-state index contributed by atoms with van der Waals surface area (Å²) in [7, 11) is 0.